The number of hydrogen-bond acceptors (Lipinski definition) is 7. The summed E-state index contributed by atoms with van der Waals surface area (Å²) in [7, 11) is 2.46. The van der Waals surface area contributed by atoms with Crippen LogP contribution in [0.2, 0.25) is 12.1 Å². The first-order valence-corrected chi connectivity index (χ1v) is 17.0. The minimum Gasteiger partial charge on any atom is -0.377 e. The van der Waals surface area contributed by atoms with Crippen LogP contribution in [0.5, 0.6) is 0 Å². The largest absolute Gasteiger partial charge is 0.500 e. The van der Waals surface area contributed by atoms with Crippen LogP contribution in [-0.2, 0) is 32.2 Å². The predicted molar refractivity (Wildman–Crippen MR) is 133 cm³/mol. The van der Waals surface area contributed by atoms with E-state index in [1.165, 1.54) is 51.0 Å². The van der Waals surface area contributed by atoms with Crippen molar-refractivity contribution in [2.45, 2.75) is 108 Å². The highest BCUT2D eigenvalue weighted by Gasteiger charge is 2.45. The molecule has 2 saturated heterocycles. The molecule has 0 amide bonds. The van der Waals surface area contributed by atoms with Crippen molar-refractivity contribution in [2.24, 2.45) is 11.8 Å². The second-order valence-electron chi connectivity index (χ2n) is 9.89. The van der Waals surface area contributed by atoms with Gasteiger partial charge in [-0.15, -0.1) is 0 Å². The summed E-state index contributed by atoms with van der Waals surface area (Å²) >= 11 is 0. The summed E-state index contributed by atoms with van der Waals surface area (Å²) < 4.78 is 38.6. The third kappa shape index (κ3) is 8.95. The number of hydrogen-bond donors (Lipinski definition) is 0. The molecule has 2 aliphatic heterocycles. The van der Waals surface area contributed by atoms with Crippen molar-refractivity contribution in [3.05, 3.63) is 0 Å². The molecule has 2 heterocycles. The second-order valence-corrected chi connectivity index (χ2v) is 14.9. The van der Waals surface area contributed by atoms with E-state index in [-0.39, 0.29) is 15.4 Å². The smallest absolute Gasteiger partial charge is 0.377 e. The van der Waals surface area contributed by atoms with Crippen LogP contribution in [0.3, 0.4) is 0 Å². The summed E-state index contributed by atoms with van der Waals surface area (Å²) in [6, 6.07) is 2.27. The van der Waals surface area contributed by atoms with Crippen LogP contribution in [-0.4, -0.2) is 83.2 Å². The Morgan fingerprint density at radius 1 is 0.758 bits per heavy atom. The zero-order valence-electron chi connectivity index (χ0n) is 21.6. The number of ether oxygens (including phenoxy) is 4. The molecule has 2 aliphatic carbocycles. The average molecular weight is 505 g/mol. The molecule has 6 atom stereocenters. The van der Waals surface area contributed by atoms with E-state index in [9.17, 15) is 0 Å². The van der Waals surface area contributed by atoms with E-state index in [1.807, 2.05) is 13.8 Å². The summed E-state index contributed by atoms with van der Waals surface area (Å²) in [5.41, 5.74) is 0. The van der Waals surface area contributed by atoms with E-state index in [0.717, 1.165) is 37.5 Å². The van der Waals surface area contributed by atoms with Gasteiger partial charge in [0.05, 0.1) is 33.9 Å². The zero-order chi connectivity index (χ0) is 23.7. The summed E-state index contributed by atoms with van der Waals surface area (Å²) in [4.78, 5) is 0. The lowest BCUT2D eigenvalue weighted by Crippen LogP contribution is -2.43. The van der Waals surface area contributed by atoms with Crippen LogP contribution in [0.4, 0.5) is 0 Å². The molecule has 194 valence electrons. The highest BCUT2D eigenvalue weighted by Crippen LogP contribution is 2.42. The Balaban J connectivity index is 0.000000186. The maximum Gasteiger partial charge on any atom is 0.500 e. The van der Waals surface area contributed by atoms with Crippen LogP contribution in [0, 0.1) is 11.8 Å². The zero-order valence-corrected chi connectivity index (χ0v) is 24.0. The number of rotatable bonds is 14. The molecule has 0 aromatic heterocycles. The van der Waals surface area contributed by atoms with Gasteiger partial charge in [0.1, 0.15) is 5.91 Å². The molecular formula is C24H48O7Si2. The van der Waals surface area contributed by atoms with Gasteiger partial charge in [-0.3, -0.25) is 0 Å². The first kappa shape index (κ1) is 27.7. The SMILES string of the molecule is CCOC(OCC)[SiH2]CCC1CCC2OC2C1.CO[Si](CCC1CCC2OC2C1)(OC)OC. The van der Waals surface area contributed by atoms with Gasteiger partial charge in [-0.2, -0.15) is 0 Å². The maximum atomic E-state index is 5.62. The Hall–Kier alpha value is 0.154. The van der Waals surface area contributed by atoms with Crippen molar-refractivity contribution in [3.63, 3.8) is 0 Å². The van der Waals surface area contributed by atoms with E-state index in [1.54, 1.807) is 21.3 Å². The van der Waals surface area contributed by atoms with Crippen LogP contribution in [0.1, 0.15) is 65.2 Å². The van der Waals surface area contributed by atoms with Crippen LogP contribution in [0.25, 0.3) is 0 Å². The van der Waals surface area contributed by atoms with E-state index in [0.29, 0.717) is 24.4 Å². The van der Waals surface area contributed by atoms with Gasteiger partial charge < -0.3 is 32.2 Å². The van der Waals surface area contributed by atoms with Crippen LogP contribution in [0.15, 0.2) is 0 Å². The topological polar surface area (TPSA) is 71.2 Å². The summed E-state index contributed by atoms with van der Waals surface area (Å²) in [5, 5.41) is 0. The van der Waals surface area contributed by atoms with Gasteiger partial charge in [0.15, 0.2) is 0 Å². The van der Waals surface area contributed by atoms with E-state index in [4.69, 9.17) is 32.2 Å². The van der Waals surface area contributed by atoms with Crippen molar-refractivity contribution in [2.75, 3.05) is 34.5 Å². The summed E-state index contributed by atoms with van der Waals surface area (Å²) in [6.45, 7) is 5.65. The first-order chi connectivity index (χ1) is 16.1. The van der Waals surface area contributed by atoms with Gasteiger partial charge >= 0.3 is 8.80 Å². The Labute approximate surface area is 204 Å². The van der Waals surface area contributed by atoms with Gasteiger partial charge in [-0.05, 0) is 70.6 Å². The van der Waals surface area contributed by atoms with E-state index < -0.39 is 8.80 Å². The minimum atomic E-state index is -2.35. The third-order valence-electron chi connectivity index (χ3n) is 7.77. The Bertz CT molecular complexity index is 535. The lowest BCUT2D eigenvalue weighted by atomic mass is 9.88. The van der Waals surface area contributed by atoms with Crippen molar-refractivity contribution in [1.82, 2.24) is 0 Å². The fraction of sp³-hybridized carbons (Fsp3) is 1.00. The number of epoxide rings is 2. The van der Waals surface area contributed by atoms with Crippen molar-refractivity contribution < 1.29 is 32.2 Å². The molecule has 0 spiro atoms. The summed E-state index contributed by atoms with van der Waals surface area (Å²) in [5.74, 6) is 1.82. The Morgan fingerprint density at radius 2 is 1.27 bits per heavy atom. The third-order valence-corrected chi connectivity index (χ3v) is 12.3. The van der Waals surface area contributed by atoms with Crippen molar-refractivity contribution >= 4 is 18.3 Å². The molecular weight excluding hydrogens is 456 g/mol. The molecule has 4 rings (SSSR count). The average Bonchev–Trinajstić information content (AvgIpc) is 3.75. The fourth-order valence-corrected chi connectivity index (χ4v) is 9.42. The quantitative estimate of drug-likeness (QED) is 0.203. The molecule has 0 bridgehead atoms. The Morgan fingerprint density at radius 3 is 1.73 bits per heavy atom. The first-order valence-electron chi connectivity index (χ1n) is 13.3. The van der Waals surface area contributed by atoms with Gasteiger partial charge in [0.25, 0.3) is 0 Å². The van der Waals surface area contributed by atoms with Crippen molar-refractivity contribution in [1.29, 1.82) is 0 Å². The molecule has 9 heteroatoms. The van der Waals surface area contributed by atoms with Gasteiger partial charge in [-0.25, -0.2) is 0 Å². The standard InChI is InChI=1S/C13H26O3Si.C11H22O4Si/c1-3-14-13(15-4-2)17-8-7-10-5-6-11-12(9-10)16-11;1-12-16(13-2,14-3)7-6-9-4-5-10-11(8-9)15-10/h10-13H,3-9,17H2,1-2H3;9-11H,4-8H2,1-3H3. The molecule has 33 heavy (non-hydrogen) atoms. The Kier molecular flexibility index (Phi) is 11.8. The molecule has 7 nitrogen and oxygen atoms in total. The lowest BCUT2D eigenvalue weighted by Gasteiger charge is -2.27. The highest BCUT2D eigenvalue weighted by atomic mass is 28.4. The molecule has 6 unspecified atom stereocenters. The van der Waals surface area contributed by atoms with Gasteiger partial charge in [0.2, 0.25) is 0 Å². The van der Waals surface area contributed by atoms with Crippen LogP contribution < -0.4 is 0 Å². The molecule has 4 fully saturated rings. The van der Waals surface area contributed by atoms with E-state index >= 15 is 0 Å². The molecule has 0 N–H and O–H groups in total. The molecule has 2 saturated carbocycles. The maximum absolute atomic E-state index is 5.62. The van der Waals surface area contributed by atoms with Gasteiger partial charge in [0, 0.05) is 40.6 Å². The second kappa shape index (κ2) is 14.0. The fourth-order valence-electron chi connectivity index (χ4n) is 5.59. The van der Waals surface area contributed by atoms with Gasteiger partial charge in [-0.1, -0.05) is 12.5 Å². The molecule has 0 radical (unpaired) electrons. The minimum absolute atomic E-state index is 0.151. The molecule has 0 aromatic rings. The number of fused-ring (bicyclic) bond motifs is 2. The highest BCUT2D eigenvalue weighted by molar-refractivity contribution is 6.60. The lowest BCUT2D eigenvalue weighted by molar-refractivity contribution is -0.0828. The monoisotopic (exact) mass is 504 g/mol. The normalized spacial score (nSPS) is 32.9. The molecule has 4 aliphatic rings. The van der Waals surface area contributed by atoms with E-state index in [2.05, 4.69) is 0 Å². The summed E-state index contributed by atoms with van der Waals surface area (Å²) in [6.07, 6.45) is 12.6. The van der Waals surface area contributed by atoms with Crippen LogP contribution >= 0.6 is 0 Å². The molecule has 0 aromatic carbocycles. The van der Waals surface area contributed by atoms with Crippen molar-refractivity contribution in [3.8, 4) is 0 Å². The predicted octanol–water partition coefficient (Wildman–Crippen LogP) is 3.71.